The van der Waals surface area contributed by atoms with E-state index in [1.165, 1.54) is 0 Å². The third-order valence-corrected chi connectivity index (χ3v) is 3.02. The quantitative estimate of drug-likeness (QED) is 0.382. The van der Waals surface area contributed by atoms with Crippen molar-refractivity contribution in [3.8, 4) is 0 Å². The standard InChI is InChI=1S/C10H16BrN5O2/c1-12-9(6-16(17)18)13-5-3-2-4-8-10(11)15-7-14-8/h6-7,12-13H,2-5H2,1H3,(H,14,15). The molecular weight excluding hydrogens is 302 g/mol. The minimum atomic E-state index is -0.486. The first-order chi connectivity index (χ1) is 8.63. The predicted octanol–water partition coefficient (Wildman–Crippen LogP) is 1.38. The number of hydrogen-bond donors (Lipinski definition) is 3. The summed E-state index contributed by atoms with van der Waals surface area (Å²) in [6.07, 6.45) is 5.36. The largest absolute Gasteiger partial charge is 0.370 e. The van der Waals surface area contributed by atoms with Crippen LogP contribution in [0.1, 0.15) is 18.5 Å². The zero-order valence-corrected chi connectivity index (χ0v) is 11.7. The lowest BCUT2D eigenvalue weighted by molar-refractivity contribution is -0.404. The van der Waals surface area contributed by atoms with Gasteiger partial charge in [-0.25, -0.2) is 4.98 Å². The van der Waals surface area contributed by atoms with Crippen molar-refractivity contribution in [2.45, 2.75) is 19.3 Å². The molecule has 1 heterocycles. The SMILES string of the molecule is CNC(=C[N+](=O)[O-])NCCCCc1[nH]cnc1Br. The summed E-state index contributed by atoms with van der Waals surface area (Å²) in [5.41, 5.74) is 1.07. The van der Waals surface area contributed by atoms with Gasteiger partial charge in [-0.3, -0.25) is 10.1 Å². The smallest absolute Gasteiger partial charge is 0.274 e. The molecule has 7 nitrogen and oxygen atoms in total. The molecule has 0 bridgehead atoms. The van der Waals surface area contributed by atoms with Crippen LogP contribution in [0.2, 0.25) is 0 Å². The summed E-state index contributed by atoms with van der Waals surface area (Å²) >= 11 is 3.34. The van der Waals surface area contributed by atoms with E-state index in [9.17, 15) is 10.1 Å². The number of imidazole rings is 1. The fourth-order valence-electron chi connectivity index (χ4n) is 1.43. The molecule has 0 atom stereocenters. The van der Waals surface area contributed by atoms with Crippen LogP contribution in [0, 0.1) is 10.1 Å². The second-order valence-corrected chi connectivity index (χ2v) is 4.39. The van der Waals surface area contributed by atoms with Gasteiger partial charge in [-0.05, 0) is 35.2 Å². The van der Waals surface area contributed by atoms with Gasteiger partial charge >= 0.3 is 0 Å². The second-order valence-electron chi connectivity index (χ2n) is 3.63. The van der Waals surface area contributed by atoms with Gasteiger partial charge in [0.15, 0.2) is 5.82 Å². The van der Waals surface area contributed by atoms with Gasteiger partial charge in [-0.1, -0.05) is 0 Å². The van der Waals surface area contributed by atoms with E-state index >= 15 is 0 Å². The van der Waals surface area contributed by atoms with Crippen molar-refractivity contribution in [3.63, 3.8) is 0 Å². The Bertz CT molecular complexity index is 418. The summed E-state index contributed by atoms with van der Waals surface area (Å²) in [6.45, 7) is 0.687. The van der Waals surface area contributed by atoms with Gasteiger partial charge in [0, 0.05) is 19.3 Å². The van der Waals surface area contributed by atoms with Crippen LogP contribution >= 0.6 is 15.9 Å². The highest BCUT2D eigenvalue weighted by Crippen LogP contribution is 2.12. The lowest BCUT2D eigenvalue weighted by Crippen LogP contribution is -2.25. The first-order valence-electron chi connectivity index (χ1n) is 5.58. The van der Waals surface area contributed by atoms with Crippen molar-refractivity contribution in [1.82, 2.24) is 20.6 Å². The number of nitrogens with zero attached hydrogens (tertiary/aromatic N) is 2. The van der Waals surface area contributed by atoms with E-state index in [4.69, 9.17) is 0 Å². The van der Waals surface area contributed by atoms with Crippen LogP contribution in [0.25, 0.3) is 0 Å². The van der Waals surface area contributed by atoms with Gasteiger partial charge in [0.25, 0.3) is 6.20 Å². The summed E-state index contributed by atoms with van der Waals surface area (Å²) in [5.74, 6) is 0.419. The van der Waals surface area contributed by atoms with Crippen LogP contribution in [-0.2, 0) is 6.42 Å². The molecule has 0 unspecified atom stereocenters. The Kier molecular flexibility index (Phi) is 6.20. The van der Waals surface area contributed by atoms with Crippen molar-refractivity contribution >= 4 is 15.9 Å². The number of rotatable bonds is 8. The molecule has 0 saturated carbocycles. The molecule has 0 spiro atoms. The van der Waals surface area contributed by atoms with Crippen molar-refractivity contribution < 1.29 is 4.92 Å². The van der Waals surface area contributed by atoms with Crippen LogP contribution in [0.5, 0.6) is 0 Å². The Labute approximate surface area is 113 Å². The molecule has 0 aliphatic rings. The van der Waals surface area contributed by atoms with Gasteiger partial charge in [-0.2, -0.15) is 0 Å². The highest BCUT2D eigenvalue weighted by Gasteiger charge is 2.02. The summed E-state index contributed by atoms with van der Waals surface area (Å²) in [4.78, 5) is 16.9. The maximum absolute atomic E-state index is 10.3. The van der Waals surface area contributed by atoms with Crippen molar-refractivity contribution in [2.75, 3.05) is 13.6 Å². The fourth-order valence-corrected chi connectivity index (χ4v) is 1.85. The Hall–Kier alpha value is -1.57. The van der Waals surface area contributed by atoms with Crippen molar-refractivity contribution in [1.29, 1.82) is 0 Å². The second kappa shape index (κ2) is 7.70. The molecule has 0 aliphatic carbocycles. The molecule has 8 heteroatoms. The van der Waals surface area contributed by atoms with Gasteiger partial charge < -0.3 is 15.6 Å². The van der Waals surface area contributed by atoms with Crippen LogP contribution < -0.4 is 10.6 Å². The average Bonchev–Trinajstić information content (AvgIpc) is 2.72. The van der Waals surface area contributed by atoms with Crippen LogP contribution in [0.3, 0.4) is 0 Å². The Morgan fingerprint density at radius 2 is 2.44 bits per heavy atom. The number of hydrogen-bond acceptors (Lipinski definition) is 5. The minimum Gasteiger partial charge on any atom is -0.370 e. The molecular formula is C10H16BrN5O2. The number of aryl methyl sites for hydroxylation is 1. The molecule has 0 saturated heterocycles. The summed E-state index contributed by atoms with van der Waals surface area (Å²) in [5, 5.41) is 16.0. The summed E-state index contributed by atoms with van der Waals surface area (Å²) < 4.78 is 0.847. The first kappa shape index (κ1) is 14.5. The number of nitro groups is 1. The molecule has 3 N–H and O–H groups in total. The Morgan fingerprint density at radius 3 is 3.00 bits per heavy atom. The number of aromatic nitrogens is 2. The fraction of sp³-hybridized carbons (Fsp3) is 0.500. The van der Waals surface area contributed by atoms with Gasteiger partial charge in [0.2, 0.25) is 0 Å². The van der Waals surface area contributed by atoms with E-state index in [2.05, 4.69) is 36.5 Å². The first-order valence-corrected chi connectivity index (χ1v) is 6.37. The average molecular weight is 318 g/mol. The summed E-state index contributed by atoms with van der Waals surface area (Å²) in [6, 6.07) is 0. The van der Waals surface area contributed by atoms with Gasteiger partial charge in [0.1, 0.15) is 4.60 Å². The van der Waals surface area contributed by atoms with Crippen molar-refractivity contribution in [3.05, 3.63) is 38.8 Å². The normalized spacial score (nSPS) is 11.3. The molecule has 0 aliphatic heterocycles. The van der Waals surface area contributed by atoms with Crippen LogP contribution in [0.4, 0.5) is 0 Å². The molecule has 0 fully saturated rings. The topological polar surface area (TPSA) is 95.9 Å². The molecule has 1 aromatic rings. The predicted molar refractivity (Wildman–Crippen MR) is 71.4 cm³/mol. The molecule has 100 valence electrons. The third kappa shape index (κ3) is 5.17. The number of aromatic amines is 1. The van der Waals surface area contributed by atoms with E-state index in [0.29, 0.717) is 12.4 Å². The van der Waals surface area contributed by atoms with Gasteiger partial charge in [-0.15, -0.1) is 0 Å². The number of H-pyrrole nitrogens is 1. The number of nitrogens with one attached hydrogen (secondary N) is 3. The van der Waals surface area contributed by atoms with E-state index in [-0.39, 0.29) is 0 Å². The molecule has 0 aromatic carbocycles. The molecule has 0 radical (unpaired) electrons. The highest BCUT2D eigenvalue weighted by molar-refractivity contribution is 9.10. The van der Waals surface area contributed by atoms with Crippen LogP contribution in [0.15, 0.2) is 23.0 Å². The number of unbranched alkanes of at least 4 members (excludes halogenated alkanes) is 1. The van der Waals surface area contributed by atoms with Crippen molar-refractivity contribution in [2.24, 2.45) is 0 Å². The maximum atomic E-state index is 10.3. The van der Waals surface area contributed by atoms with Crippen LogP contribution in [-0.4, -0.2) is 28.5 Å². The molecule has 1 rings (SSSR count). The minimum absolute atomic E-state index is 0.419. The molecule has 0 amide bonds. The monoisotopic (exact) mass is 317 g/mol. The molecule has 18 heavy (non-hydrogen) atoms. The molecule has 1 aromatic heterocycles. The zero-order valence-electron chi connectivity index (χ0n) is 10.1. The van der Waals surface area contributed by atoms with E-state index in [1.54, 1.807) is 13.4 Å². The lowest BCUT2D eigenvalue weighted by Gasteiger charge is -2.07. The highest BCUT2D eigenvalue weighted by atomic mass is 79.9. The van der Waals surface area contributed by atoms with E-state index < -0.39 is 4.92 Å². The lowest BCUT2D eigenvalue weighted by atomic mass is 10.2. The van der Waals surface area contributed by atoms with Gasteiger partial charge in [0.05, 0.1) is 11.3 Å². The summed E-state index contributed by atoms with van der Waals surface area (Å²) in [7, 11) is 1.64. The maximum Gasteiger partial charge on any atom is 0.274 e. The Morgan fingerprint density at radius 1 is 1.67 bits per heavy atom. The van der Waals surface area contributed by atoms with E-state index in [0.717, 1.165) is 35.8 Å². The third-order valence-electron chi connectivity index (χ3n) is 2.34. The number of halogens is 1. The zero-order chi connectivity index (χ0) is 13.4. The Balaban J connectivity index is 2.19. The van der Waals surface area contributed by atoms with E-state index in [1.807, 2.05) is 0 Å².